The lowest BCUT2D eigenvalue weighted by Crippen LogP contribution is -2.21. The van der Waals surface area contributed by atoms with E-state index >= 15 is 0 Å². The van der Waals surface area contributed by atoms with E-state index in [1.54, 1.807) is 42.5 Å². The smallest absolute Gasteiger partial charge is 0.343 e. The molecule has 5 rings (SSSR count). The number of ether oxygens (including phenoxy) is 3. The van der Waals surface area contributed by atoms with Crippen LogP contribution in [0.2, 0.25) is 0 Å². The second-order valence-electron chi connectivity index (χ2n) is 8.36. The Kier molecular flexibility index (Phi) is 6.93. The number of hydrogen-bond acceptors (Lipinski definition) is 6. The van der Waals surface area contributed by atoms with E-state index in [2.05, 4.69) is 22.0 Å². The molecule has 1 heterocycles. The number of nitrogens with two attached hydrogens (primary N) is 1. The van der Waals surface area contributed by atoms with Crippen LogP contribution in [0.3, 0.4) is 0 Å². The van der Waals surface area contributed by atoms with Gasteiger partial charge in [0.1, 0.15) is 35.5 Å². The minimum absolute atomic E-state index is 0.0146. The van der Waals surface area contributed by atoms with Crippen LogP contribution in [0.5, 0.6) is 17.2 Å². The average molecular weight is 553 g/mol. The zero-order valence-corrected chi connectivity index (χ0v) is 21.1. The molecule has 0 aromatic heterocycles. The summed E-state index contributed by atoms with van der Waals surface area (Å²) in [5.41, 5.74) is 9.53. The number of carbonyl (C=O) groups excluding carboxylic acids is 1. The van der Waals surface area contributed by atoms with Crippen LogP contribution in [-0.2, 0) is 6.61 Å². The van der Waals surface area contributed by atoms with Crippen LogP contribution in [0.4, 0.5) is 0 Å². The lowest BCUT2D eigenvalue weighted by Gasteiger charge is -2.26. The first-order valence-electron chi connectivity index (χ1n) is 11.5. The van der Waals surface area contributed by atoms with E-state index in [0.29, 0.717) is 35.0 Å². The van der Waals surface area contributed by atoms with E-state index in [1.807, 2.05) is 54.6 Å². The number of halogens is 1. The topological polar surface area (TPSA) is 94.6 Å². The summed E-state index contributed by atoms with van der Waals surface area (Å²) in [7, 11) is 0. The maximum absolute atomic E-state index is 12.6. The molecule has 0 bridgehead atoms. The number of benzene rings is 4. The summed E-state index contributed by atoms with van der Waals surface area (Å²) in [5, 5.41) is 9.84. The first kappa shape index (κ1) is 24.2. The molecule has 37 heavy (non-hydrogen) atoms. The highest BCUT2D eigenvalue weighted by Gasteiger charge is 2.31. The molecule has 0 amide bonds. The molecule has 1 aliphatic rings. The Morgan fingerprint density at radius 3 is 2.35 bits per heavy atom. The maximum atomic E-state index is 12.6. The van der Waals surface area contributed by atoms with Crippen LogP contribution in [0, 0.1) is 11.3 Å². The quantitative estimate of drug-likeness (QED) is 0.217. The van der Waals surface area contributed by atoms with Crippen molar-refractivity contribution in [1.29, 1.82) is 5.26 Å². The van der Waals surface area contributed by atoms with E-state index in [0.717, 1.165) is 21.2 Å². The standard InChI is InChI=1S/C30H21BrN2O4/c31-22-10-6-21(7-11-22)30(34)36-24-14-15-25-27(16-24)37-29(33)26(17-32)28(25)20-8-12-23(13-9-20)35-18-19-4-2-1-3-5-19/h1-16,28H,18,33H2. The first-order valence-corrected chi connectivity index (χ1v) is 12.3. The van der Waals surface area contributed by atoms with Gasteiger partial charge in [-0.25, -0.2) is 4.79 Å². The second-order valence-corrected chi connectivity index (χ2v) is 9.28. The van der Waals surface area contributed by atoms with Crippen molar-refractivity contribution in [3.05, 3.63) is 135 Å². The zero-order chi connectivity index (χ0) is 25.8. The Morgan fingerprint density at radius 2 is 1.65 bits per heavy atom. The van der Waals surface area contributed by atoms with Crippen LogP contribution >= 0.6 is 15.9 Å². The molecular weight excluding hydrogens is 532 g/mol. The van der Waals surface area contributed by atoms with Gasteiger partial charge in [-0.3, -0.25) is 0 Å². The molecule has 1 atom stereocenters. The fraction of sp³-hybridized carbons (Fsp3) is 0.0667. The molecule has 1 unspecified atom stereocenters. The number of hydrogen-bond donors (Lipinski definition) is 1. The molecule has 1 aliphatic heterocycles. The number of nitriles is 1. The molecule has 0 fully saturated rings. The van der Waals surface area contributed by atoms with Crippen molar-refractivity contribution in [3.8, 4) is 23.3 Å². The second kappa shape index (κ2) is 10.6. The largest absolute Gasteiger partial charge is 0.489 e. The van der Waals surface area contributed by atoms with Crippen molar-refractivity contribution < 1.29 is 19.0 Å². The van der Waals surface area contributed by atoms with Gasteiger partial charge in [0.25, 0.3) is 0 Å². The number of allylic oxidation sites excluding steroid dienone is 1. The third kappa shape index (κ3) is 5.35. The van der Waals surface area contributed by atoms with Gasteiger partial charge in [-0.2, -0.15) is 5.26 Å². The summed E-state index contributed by atoms with van der Waals surface area (Å²) in [6.45, 7) is 0.457. The molecular formula is C30H21BrN2O4. The number of fused-ring (bicyclic) bond motifs is 1. The number of rotatable bonds is 6. The van der Waals surface area contributed by atoms with Gasteiger partial charge in [0.2, 0.25) is 5.88 Å². The summed E-state index contributed by atoms with van der Waals surface area (Å²) in [6.07, 6.45) is 0. The number of esters is 1. The van der Waals surface area contributed by atoms with Crippen molar-refractivity contribution in [2.24, 2.45) is 5.73 Å². The van der Waals surface area contributed by atoms with E-state index in [4.69, 9.17) is 19.9 Å². The van der Waals surface area contributed by atoms with Crippen LogP contribution in [0.25, 0.3) is 0 Å². The Labute approximate surface area is 222 Å². The first-order chi connectivity index (χ1) is 18.0. The molecule has 7 heteroatoms. The molecule has 2 N–H and O–H groups in total. The van der Waals surface area contributed by atoms with Gasteiger partial charge in [0, 0.05) is 16.1 Å². The van der Waals surface area contributed by atoms with Crippen molar-refractivity contribution in [2.45, 2.75) is 12.5 Å². The summed E-state index contributed by atoms with van der Waals surface area (Å²) < 4.78 is 18.1. The van der Waals surface area contributed by atoms with Gasteiger partial charge in [-0.15, -0.1) is 0 Å². The molecule has 6 nitrogen and oxygen atoms in total. The molecule has 0 saturated heterocycles. The zero-order valence-electron chi connectivity index (χ0n) is 19.6. The fourth-order valence-electron chi connectivity index (χ4n) is 4.09. The minimum atomic E-state index is -0.493. The van der Waals surface area contributed by atoms with Gasteiger partial charge in [-0.1, -0.05) is 64.5 Å². The monoisotopic (exact) mass is 552 g/mol. The van der Waals surface area contributed by atoms with Crippen molar-refractivity contribution in [3.63, 3.8) is 0 Å². The van der Waals surface area contributed by atoms with E-state index in [9.17, 15) is 10.1 Å². The fourth-order valence-corrected chi connectivity index (χ4v) is 4.36. The molecule has 182 valence electrons. The molecule has 4 aromatic rings. The van der Waals surface area contributed by atoms with Crippen LogP contribution in [0.15, 0.2) is 113 Å². The summed E-state index contributed by atoms with van der Waals surface area (Å²) in [5.74, 6) is 0.530. The Morgan fingerprint density at radius 1 is 0.946 bits per heavy atom. The van der Waals surface area contributed by atoms with Gasteiger partial charge < -0.3 is 19.9 Å². The highest BCUT2D eigenvalue weighted by molar-refractivity contribution is 9.10. The molecule has 0 spiro atoms. The maximum Gasteiger partial charge on any atom is 0.343 e. The van der Waals surface area contributed by atoms with E-state index in [1.165, 1.54) is 0 Å². The summed E-state index contributed by atoms with van der Waals surface area (Å²) in [4.78, 5) is 12.6. The van der Waals surface area contributed by atoms with Crippen LogP contribution in [-0.4, -0.2) is 5.97 Å². The third-order valence-corrected chi connectivity index (χ3v) is 6.47. The summed E-state index contributed by atoms with van der Waals surface area (Å²) in [6, 6.07) is 31.6. The highest BCUT2D eigenvalue weighted by atomic mass is 79.9. The lowest BCUT2D eigenvalue weighted by molar-refractivity contribution is 0.0734. The van der Waals surface area contributed by atoms with Gasteiger partial charge in [-0.05, 0) is 53.6 Å². The van der Waals surface area contributed by atoms with Crippen molar-refractivity contribution >= 4 is 21.9 Å². The van der Waals surface area contributed by atoms with Gasteiger partial charge >= 0.3 is 5.97 Å². The van der Waals surface area contributed by atoms with Gasteiger partial charge in [0.05, 0.1) is 11.5 Å². The lowest BCUT2D eigenvalue weighted by atomic mass is 9.83. The normalized spacial score (nSPS) is 14.2. The van der Waals surface area contributed by atoms with E-state index in [-0.39, 0.29) is 5.88 Å². The molecule has 0 saturated carbocycles. The van der Waals surface area contributed by atoms with Crippen LogP contribution in [0.1, 0.15) is 33.0 Å². The minimum Gasteiger partial charge on any atom is -0.489 e. The SMILES string of the molecule is N#CC1=C(N)Oc2cc(OC(=O)c3ccc(Br)cc3)ccc2C1c1ccc(OCc2ccccc2)cc1. The van der Waals surface area contributed by atoms with Crippen molar-refractivity contribution in [2.75, 3.05) is 0 Å². The Balaban J connectivity index is 1.38. The Hall–Kier alpha value is -4.54. The molecule has 0 radical (unpaired) electrons. The predicted octanol–water partition coefficient (Wildman–Crippen LogP) is 6.47. The number of nitrogens with zero attached hydrogens (tertiary/aromatic N) is 1. The van der Waals surface area contributed by atoms with E-state index < -0.39 is 11.9 Å². The third-order valence-electron chi connectivity index (χ3n) is 5.94. The highest BCUT2D eigenvalue weighted by Crippen LogP contribution is 2.43. The predicted molar refractivity (Wildman–Crippen MR) is 142 cm³/mol. The average Bonchev–Trinajstić information content (AvgIpc) is 2.92. The molecule has 4 aromatic carbocycles. The number of carbonyl (C=O) groups is 1. The van der Waals surface area contributed by atoms with Crippen LogP contribution < -0.4 is 19.9 Å². The molecule has 0 aliphatic carbocycles. The summed E-state index contributed by atoms with van der Waals surface area (Å²) >= 11 is 3.35. The Bertz CT molecular complexity index is 1510. The van der Waals surface area contributed by atoms with Crippen molar-refractivity contribution in [1.82, 2.24) is 0 Å². The van der Waals surface area contributed by atoms with Gasteiger partial charge in [0.15, 0.2) is 0 Å².